The fourth-order valence-corrected chi connectivity index (χ4v) is 2.96. The van der Waals surface area contributed by atoms with Crippen LogP contribution in [0.4, 0.5) is 10.2 Å². The molecular formula is C20H19FN2O2. The second kappa shape index (κ2) is 6.66. The van der Waals surface area contributed by atoms with Crippen LogP contribution < -0.4 is 4.90 Å². The number of hydrogen-bond donors (Lipinski definition) is 0. The van der Waals surface area contributed by atoms with Crippen LogP contribution in [0, 0.1) is 23.1 Å². The van der Waals surface area contributed by atoms with Gasteiger partial charge in [0.2, 0.25) is 0 Å². The first kappa shape index (κ1) is 17.1. The average molecular weight is 338 g/mol. The van der Waals surface area contributed by atoms with Crippen LogP contribution in [0.3, 0.4) is 0 Å². The first-order valence-electron chi connectivity index (χ1n) is 7.98. The van der Waals surface area contributed by atoms with E-state index in [1.807, 2.05) is 19.9 Å². The third-order valence-corrected chi connectivity index (χ3v) is 4.22. The molecule has 1 unspecified atom stereocenters. The number of halogens is 1. The zero-order chi connectivity index (χ0) is 18.0. The number of methoxy groups -OCH3 is 1. The Morgan fingerprint density at radius 3 is 2.36 bits per heavy atom. The SMILES string of the molecule is COC1C(=O)N(c2ccc(C#Cc3ccc(F)cc3)cn2)CC1(C)C. The Morgan fingerprint density at radius 2 is 1.80 bits per heavy atom. The monoisotopic (exact) mass is 338 g/mol. The number of hydrogen-bond acceptors (Lipinski definition) is 3. The lowest BCUT2D eigenvalue weighted by atomic mass is 9.90. The first-order chi connectivity index (χ1) is 11.9. The fourth-order valence-electron chi connectivity index (χ4n) is 2.96. The van der Waals surface area contributed by atoms with Gasteiger partial charge in [0.1, 0.15) is 17.7 Å². The summed E-state index contributed by atoms with van der Waals surface area (Å²) in [6, 6.07) is 9.59. The lowest BCUT2D eigenvalue weighted by Gasteiger charge is -2.21. The summed E-state index contributed by atoms with van der Waals surface area (Å²) in [5.41, 5.74) is 1.18. The highest BCUT2D eigenvalue weighted by Gasteiger charge is 2.47. The molecule has 0 N–H and O–H groups in total. The van der Waals surface area contributed by atoms with Crippen LogP contribution in [-0.4, -0.2) is 30.6 Å². The molecule has 128 valence electrons. The van der Waals surface area contributed by atoms with Crippen molar-refractivity contribution in [3.63, 3.8) is 0 Å². The van der Waals surface area contributed by atoms with E-state index >= 15 is 0 Å². The Balaban J connectivity index is 1.77. The molecule has 1 aliphatic rings. The Labute approximate surface area is 146 Å². The van der Waals surface area contributed by atoms with Crippen molar-refractivity contribution >= 4 is 11.7 Å². The largest absolute Gasteiger partial charge is 0.371 e. The number of pyridine rings is 1. The molecule has 2 heterocycles. The average Bonchev–Trinajstić information content (AvgIpc) is 2.83. The third-order valence-electron chi connectivity index (χ3n) is 4.22. The molecule has 0 saturated carbocycles. The minimum Gasteiger partial charge on any atom is -0.371 e. The van der Waals surface area contributed by atoms with Gasteiger partial charge in [0.05, 0.1) is 0 Å². The van der Waals surface area contributed by atoms with Crippen molar-refractivity contribution in [3.05, 3.63) is 59.5 Å². The molecular weight excluding hydrogens is 319 g/mol. The quantitative estimate of drug-likeness (QED) is 0.791. The minimum absolute atomic E-state index is 0.0786. The highest BCUT2D eigenvalue weighted by atomic mass is 19.1. The Bertz CT molecular complexity index is 833. The molecule has 25 heavy (non-hydrogen) atoms. The lowest BCUT2D eigenvalue weighted by molar-refractivity contribution is -0.128. The smallest absolute Gasteiger partial charge is 0.257 e. The summed E-state index contributed by atoms with van der Waals surface area (Å²) in [5.74, 6) is 6.16. The Kier molecular flexibility index (Phi) is 4.56. The second-order valence-electron chi connectivity index (χ2n) is 6.69. The maximum absolute atomic E-state index is 12.9. The molecule has 0 aliphatic carbocycles. The van der Waals surface area contributed by atoms with E-state index in [9.17, 15) is 9.18 Å². The molecule has 1 fully saturated rings. The van der Waals surface area contributed by atoms with Crippen molar-refractivity contribution in [1.82, 2.24) is 4.98 Å². The summed E-state index contributed by atoms with van der Waals surface area (Å²) in [6.45, 7) is 4.56. The number of carbonyl (C=O) groups excluding carboxylic acids is 1. The van der Waals surface area contributed by atoms with Gasteiger partial charge in [-0.1, -0.05) is 25.7 Å². The van der Waals surface area contributed by atoms with E-state index in [0.717, 1.165) is 11.1 Å². The van der Waals surface area contributed by atoms with Crippen molar-refractivity contribution in [2.45, 2.75) is 20.0 Å². The van der Waals surface area contributed by atoms with Gasteiger partial charge in [0.25, 0.3) is 5.91 Å². The van der Waals surface area contributed by atoms with Gasteiger partial charge in [-0.3, -0.25) is 9.69 Å². The van der Waals surface area contributed by atoms with Crippen LogP contribution in [0.1, 0.15) is 25.0 Å². The zero-order valence-corrected chi connectivity index (χ0v) is 14.4. The number of aromatic nitrogens is 1. The maximum atomic E-state index is 12.9. The Hall–Kier alpha value is -2.71. The van der Waals surface area contributed by atoms with E-state index in [1.165, 1.54) is 12.1 Å². The second-order valence-corrected chi connectivity index (χ2v) is 6.69. The van der Waals surface area contributed by atoms with Crippen LogP contribution in [0.25, 0.3) is 0 Å². The molecule has 0 bridgehead atoms. The third kappa shape index (κ3) is 3.54. The van der Waals surface area contributed by atoms with Crippen molar-refractivity contribution in [2.75, 3.05) is 18.6 Å². The summed E-state index contributed by atoms with van der Waals surface area (Å²) in [5, 5.41) is 0. The Morgan fingerprint density at radius 1 is 1.16 bits per heavy atom. The fraction of sp³-hybridized carbons (Fsp3) is 0.300. The number of ether oxygens (including phenoxy) is 1. The van der Waals surface area contributed by atoms with Gasteiger partial charge in [-0.05, 0) is 36.4 Å². The van der Waals surface area contributed by atoms with E-state index < -0.39 is 6.10 Å². The summed E-state index contributed by atoms with van der Waals surface area (Å²) >= 11 is 0. The van der Waals surface area contributed by atoms with E-state index in [1.54, 1.807) is 36.4 Å². The highest BCUT2D eigenvalue weighted by molar-refractivity contribution is 5.99. The number of rotatable bonds is 2. The number of amides is 1. The molecule has 1 atom stereocenters. The van der Waals surface area contributed by atoms with Crippen molar-refractivity contribution < 1.29 is 13.9 Å². The molecule has 2 aromatic rings. The topological polar surface area (TPSA) is 42.4 Å². The molecule has 1 aliphatic heterocycles. The van der Waals surface area contributed by atoms with Gasteiger partial charge < -0.3 is 4.74 Å². The van der Waals surface area contributed by atoms with Crippen molar-refractivity contribution in [1.29, 1.82) is 0 Å². The number of carbonyl (C=O) groups is 1. The summed E-state index contributed by atoms with van der Waals surface area (Å²) in [4.78, 5) is 18.5. The molecule has 1 aromatic heterocycles. The molecule has 5 heteroatoms. The van der Waals surface area contributed by atoms with E-state index in [0.29, 0.717) is 12.4 Å². The molecule has 3 rings (SSSR count). The van der Waals surface area contributed by atoms with E-state index in [2.05, 4.69) is 16.8 Å². The van der Waals surface area contributed by atoms with Gasteiger partial charge in [-0.15, -0.1) is 0 Å². The summed E-state index contributed by atoms with van der Waals surface area (Å²) in [6.07, 6.45) is 1.17. The molecule has 1 amide bonds. The first-order valence-corrected chi connectivity index (χ1v) is 7.98. The molecule has 1 aromatic carbocycles. The standard InChI is InChI=1S/C20H19FN2O2/c1-20(2)13-23(19(24)18(20)25-3)17-11-8-15(12-22-17)5-4-14-6-9-16(21)10-7-14/h6-12,18H,13H2,1-3H3. The molecule has 0 radical (unpaired) electrons. The van der Waals surface area contributed by atoms with E-state index in [-0.39, 0.29) is 17.1 Å². The minimum atomic E-state index is -0.466. The van der Waals surface area contributed by atoms with Crippen LogP contribution in [0.2, 0.25) is 0 Å². The van der Waals surface area contributed by atoms with Gasteiger partial charge in [0, 0.05) is 36.4 Å². The summed E-state index contributed by atoms with van der Waals surface area (Å²) < 4.78 is 18.2. The highest BCUT2D eigenvalue weighted by Crippen LogP contribution is 2.34. The van der Waals surface area contributed by atoms with Crippen LogP contribution in [0.5, 0.6) is 0 Å². The van der Waals surface area contributed by atoms with E-state index in [4.69, 9.17) is 4.74 Å². The summed E-state index contributed by atoms with van der Waals surface area (Å²) in [7, 11) is 1.55. The number of benzene rings is 1. The number of anilines is 1. The predicted octanol–water partition coefficient (Wildman–Crippen LogP) is 3.01. The van der Waals surface area contributed by atoms with Gasteiger partial charge in [-0.2, -0.15) is 0 Å². The lowest BCUT2D eigenvalue weighted by Crippen LogP contribution is -2.33. The predicted molar refractivity (Wildman–Crippen MR) is 93.5 cm³/mol. The maximum Gasteiger partial charge on any atom is 0.257 e. The molecule has 1 saturated heterocycles. The van der Waals surface area contributed by atoms with Crippen molar-refractivity contribution in [2.24, 2.45) is 5.41 Å². The molecule has 0 spiro atoms. The van der Waals surface area contributed by atoms with Crippen LogP contribution in [-0.2, 0) is 9.53 Å². The number of nitrogens with zero attached hydrogens (tertiary/aromatic N) is 2. The van der Waals surface area contributed by atoms with Crippen LogP contribution >= 0.6 is 0 Å². The normalized spacial score (nSPS) is 18.8. The van der Waals surface area contributed by atoms with Crippen molar-refractivity contribution in [3.8, 4) is 11.8 Å². The molecule has 4 nitrogen and oxygen atoms in total. The van der Waals surface area contributed by atoms with Gasteiger partial charge in [-0.25, -0.2) is 9.37 Å². The van der Waals surface area contributed by atoms with Gasteiger partial charge >= 0.3 is 0 Å². The van der Waals surface area contributed by atoms with Crippen LogP contribution in [0.15, 0.2) is 42.6 Å². The zero-order valence-electron chi connectivity index (χ0n) is 14.4. The van der Waals surface area contributed by atoms with Gasteiger partial charge in [0.15, 0.2) is 0 Å².